The molecule has 88 valence electrons. The zero-order valence-electron chi connectivity index (χ0n) is 9.94. The van der Waals surface area contributed by atoms with Crippen LogP contribution in [0.3, 0.4) is 0 Å². The molecule has 0 fully saturated rings. The van der Waals surface area contributed by atoms with E-state index in [1.54, 1.807) is 12.3 Å². The highest BCUT2D eigenvalue weighted by atomic mass is 35.5. The molecular weight excluding hydrogens is 232 g/mol. The molecule has 3 heteroatoms. The molecular formula is C14H15ClN2. The molecule has 1 heterocycles. The number of rotatable bonds is 2. The summed E-state index contributed by atoms with van der Waals surface area (Å²) in [6.07, 6.45) is 1.71. The minimum absolute atomic E-state index is 0.274. The normalized spacial score (nSPS) is 12.5. The highest BCUT2D eigenvalue weighted by Gasteiger charge is 2.15. The average molecular weight is 247 g/mol. The molecule has 1 aromatic heterocycles. The molecule has 0 aliphatic heterocycles. The smallest absolute Gasteiger partial charge is 0.0802 e. The van der Waals surface area contributed by atoms with E-state index >= 15 is 0 Å². The number of nitrogens with zero attached hydrogens (tertiary/aromatic N) is 1. The lowest BCUT2D eigenvalue weighted by Crippen LogP contribution is -2.15. The lowest BCUT2D eigenvalue weighted by atomic mass is 9.97. The SMILES string of the molecule is Cc1ccc(C(N)c2ncccc2Cl)c(C)c1. The summed E-state index contributed by atoms with van der Waals surface area (Å²) in [5.41, 5.74) is 10.4. The van der Waals surface area contributed by atoms with Crippen LogP contribution in [0.25, 0.3) is 0 Å². The molecule has 2 N–H and O–H groups in total. The van der Waals surface area contributed by atoms with Crippen molar-refractivity contribution in [3.05, 3.63) is 63.9 Å². The van der Waals surface area contributed by atoms with Crippen molar-refractivity contribution >= 4 is 11.6 Å². The molecule has 0 bridgehead atoms. The van der Waals surface area contributed by atoms with Crippen molar-refractivity contribution < 1.29 is 0 Å². The van der Waals surface area contributed by atoms with E-state index in [0.717, 1.165) is 11.3 Å². The van der Waals surface area contributed by atoms with E-state index in [2.05, 4.69) is 31.0 Å². The lowest BCUT2D eigenvalue weighted by molar-refractivity contribution is 0.821. The second kappa shape index (κ2) is 4.86. The minimum atomic E-state index is -0.274. The van der Waals surface area contributed by atoms with Gasteiger partial charge < -0.3 is 5.73 Å². The van der Waals surface area contributed by atoms with Gasteiger partial charge in [0.1, 0.15) is 0 Å². The molecule has 0 radical (unpaired) electrons. The Morgan fingerprint density at radius 1 is 1.24 bits per heavy atom. The van der Waals surface area contributed by atoms with Crippen LogP contribution >= 0.6 is 11.6 Å². The van der Waals surface area contributed by atoms with Crippen LogP contribution in [0.2, 0.25) is 5.02 Å². The van der Waals surface area contributed by atoms with Crippen LogP contribution in [-0.4, -0.2) is 4.98 Å². The third-order valence-electron chi connectivity index (χ3n) is 2.84. The van der Waals surface area contributed by atoms with Crippen LogP contribution in [0.1, 0.15) is 28.4 Å². The Hall–Kier alpha value is -1.38. The molecule has 1 unspecified atom stereocenters. The van der Waals surface area contributed by atoms with Crippen LogP contribution in [-0.2, 0) is 0 Å². The molecule has 0 saturated heterocycles. The van der Waals surface area contributed by atoms with Gasteiger partial charge in [-0.25, -0.2) is 0 Å². The van der Waals surface area contributed by atoms with Crippen LogP contribution < -0.4 is 5.73 Å². The summed E-state index contributed by atoms with van der Waals surface area (Å²) in [7, 11) is 0. The van der Waals surface area contributed by atoms with Gasteiger partial charge in [0.2, 0.25) is 0 Å². The number of hydrogen-bond acceptors (Lipinski definition) is 2. The maximum atomic E-state index is 6.22. The zero-order valence-corrected chi connectivity index (χ0v) is 10.7. The topological polar surface area (TPSA) is 38.9 Å². The first-order chi connectivity index (χ1) is 8.09. The van der Waals surface area contributed by atoms with Crippen molar-refractivity contribution in [2.24, 2.45) is 5.73 Å². The molecule has 0 saturated carbocycles. The lowest BCUT2D eigenvalue weighted by Gasteiger charge is -2.15. The van der Waals surface area contributed by atoms with Gasteiger partial charge in [0, 0.05) is 6.20 Å². The van der Waals surface area contributed by atoms with Gasteiger partial charge in [-0.2, -0.15) is 0 Å². The maximum absolute atomic E-state index is 6.22. The average Bonchev–Trinajstić information content (AvgIpc) is 2.29. The van der Waals surface area contributed by atoms with E-state index in [9.17, 15) is 0 Å². The quantitative estimate of drug-likeness (QED) is 0.882. The highest BCUT2D eigenvalue weighted by Crippen LogP contribution is 2.26. The van der Waals surface area contributed by atoms with Gasteiger partial charge in [-0.15, -0.1) is 0 Å². The van der Waals surface area contributed by atoms with Gasteiger partial charge >= 0.3 is 0 Å². The molecule has 0 aliphatic carbocycles. The fourth-order valence-electron chi connectivity index (χ4n) is 1.95. The van der Waals surface area contributed by atoms with Crippen LogP contribution in [0.5, 0.6) is 0 Å². The second-order valence-corrected chi connectivity index (χ2v) is 4.62. The number of aromatic nitrogens is 1. The summed E-state index contributed by atoms with van der Waals surface area (Å²) in [5.74, 6) is 0. The van der Waals surface area contributed by atoms with Crippen molar-refractivity contribution in [2.75, 3.05) is 0 Å². The summed E-state index contributed by atoms with van der Waals surface area (Å²) < 4.78 is 0. The first-order valence-electron chi connectivity index (χ1n) is 5.52. The van der Waals surface area contributed by atoms with E-state index in [-0.39, 0.29) is 6.04 Å². The van der Waals surface area contributed by atoms with Crippen molar-refractivity contribution in [3.8, 4) is 0 Å². The summed E-state index contributed by atoms with van der Waals surface area (Å²) in [6.45, 7) is 4.12. The molecule has 1 atom stereocenters. The summed E-state index contributed by atoms with van der Waals surface area (Å²) in [4.78, 5) is 4.26. The Kier molecular flexibility index (Phi) is 3.46. The molecule has 2 nitrogen and oxygen atoms in total. The first-order valence-corrected chi connectivity index (χ1v) is 5.90. The Morgan fingerprint density at radius 3 is 2.65 bits per heavy atom. The monoisotopic (exact) mass is 246 g/mol. The third-order valence-corrected chi connectivity index (χ3v) is 3.16. The van der Waals surface area contributed by atoms with Crippen LogP contribution in [0.4, 0.5) is 0 Å². The third kappa shape index (κ3) is 2.48. The molecule has 0 amide bonds. The van der Waals surface area contributed by atoms with Gasteiger partial charge in [0.05, 0.1) is 16.8 Å². The fourth-order valence-corrected chi connectivity index (χ4v) is 2.19. The van der Waals surface area contributed by atoms with Gasteiger partial charge in [0.15, 0.2) is 0 Å². The molecule has 2 aromatic rings. The van der Waals surface area contributed by atoms with Gasteiger partial charge in [-0.3, -0.25) is 4.98 Å². The maximum Gasteiger partial charge on any atom is 0.0802 e. The van der Waals surface area contributed by atoms with Crippen molar-refractivity contribution in [1.29, 1.82) is 0 Å². The van der Waals surface area contributed by atoms with E-state index in [4.69, 9.17) is 17.3 Å². The number of pyridine rings is 1. The van der Waals surface area contributed by atoms with Gasteiger partial charge in [-0.05, 0) is 37.1 Å². The van der Waals surface area contributed by atoms with E-state index in [1.165, 1.54) is 11.1 Å². The number of halogens is 1. The molecule has 0 aliphatic rings. The zero-order chi connectivity index (χ0) is 12.4. The predicted octanol–water partition coefficient (Wildman–Crippen LogP) is 3.40. The van der Waals surface area contributed by atoms with Crippen LogP contribution in [0, 0.1) is 13.8 Å². The molecule has 2 rings (SSSR count). The fraction of sp³-hybridized carbons (Fsp3) is 0.214. The minimum Gasteiger partial charge on any atom is -0.319 e. The predicted molar refractivity (Wildman–Crippen MR) is 71.2 cm³/mol. The number of nitrogens with two attached hydrogens (primary N) is 1. The van der Waals surface area contributed by atoms with Crippen molar-refractivity contribution in [1.82, 2.24) is 4.98 Å². The Bertz CT molecular complexity index is 537. The summed E-state index contributed by atoms with van der Waals surface area (Å²) in [5, 5.41) is 0.611. The second-order valence-electron chi connectivity index (χ2n) is 4.21. The molecule has 1 aromatic carbocycles. The number of aryl methyl sites for hydroxylation is 2. The van der Waals surface area contributed by atoms with Gasteiger partial charge in [-0.1, -0.05) is 35.4 Å². The Balaban J connectivity index is 2.44. The number of hydrogen-bond donors (Lipinski definition) is 1. The molecule has 17 heavy (non-hydrogen) atoms. The van der Waals surface area contributed by atoms with Crippen molar-refractivity contribution in [3.63, 3.8) is 0 Å². The first kappa shape index (κ1) is 12.1. The van der Waals surface area contributed by atoms with Crippen molar-refractivity contribution in [2.45, 2.75) is 19.9 Å². The summed E-state index contributed by atoms with van der Waals surface area (Å²) in [6, 6.07) is 9.56. The largest absolute Gasteiger partial charge is 0.319 e. The van der Waals surface area contributed by atoms with E-state index < -0.39 is 0 Å². The van der Waals surface area contributed by atoms with E-state index in [1.807, 2.05) is 12.1 Å². The summed E-state index contributed by atoms with van der Waals surface area (Å²) >= 11 is 6.11. The van der Waals surface area contributed by atoms with Crippen LogP contribution in [0.15, 0.2) is 36.5 Å². The van der Waals surface area contributed by atoms with E-state index in [0.29, 0.717) is 5.02 Å². The Labute approximate surface area is 106 Å². The molecule has 0 spiro atoms. The standard InChI is InChI=1S/C14H15ClN2/c1-9-5-6-11(10(2)8-9)13(16)14-12(15)4-3-7-17-14/h3-8,13H,16H2,1-2H3. The highest BCUT2D eigenvalue weighted by molar-refractivity contribution is 6.31. The number of benzene rings is 1. The Morgan fingerprint density at radius 2 is 2.00 bits per heavy atom. The van der Waals surface area contributed by atoms with Gasteiger partial charge in [0.25, 0.3) is 0 Å².